The van der Waals surface area contributed by atoms with Gasteiger partial charge in [0.1, 0.15) is 6.04 Å². The molecule has 1 unspecified atom stereocenters. The van der Waals surface area contributed by atoms with Gasteiger partial charge in [-0.2, -0.15) is 13.2 Å². The van der Waals surface area contributed by atoms with E-state index in [0.29, 0.717) is 35.1 Å². The Bertz CT molecular complexity index is 732. The van der Waals surface area contributed by atoms with Crippen molar-refractivity contribution in [2.75, 3.05) is 42.6 Å². The zero-order valence-electron chi connectivity index (χ0n) is 16.9. The molecule has 1 atom stereocenters. The maximum atomic E-state index is 13.2. The smallest absolute Gasteiger partial charge is 0.397 e. The molecule has 1 saturated heterocycles. The highest BCUT2D eigenvalue weighted by Crippen LogP contribution is 2.33. The Morgan fingerprint density at radius 1 is 1.24 bits per heavy atom. The second kappa shape index (κ2) is 8.69. The first-order chi connectivity index (χ1) is 13.7. The summed E-state index contributed by atoms with van der Waals surface area (Å²) in [7, 11) is 1.69. The molecule has 162 valence electrons. The number of carbonyl (C=O) groups is 1. The molecule has 1 aromatic carbocycles. The van der Waals surface area contributed by atoms with Crippen LogP contribution in [0.15, 0.2) is 12.1 Å². The number of nitrogens with two attached hydrogens (primary N) is 1. The fraction of sp³-hybridized carbons (Fsp3) is 0.650. The Labute approximate surface area is 169 Å². The van der Waals surface area contributed by atoms with E-state index in [1.807, 2.05) is 0 Å². The molecule has 6 nitrogen and oxygen atoms in total. The third-order valence-electron chi connectivity index (χ3n) is 5.94. The Hall–Kier alpha value is -2.16. The molecule has 0 spiro atoms. The second-order valence-corrected chi connectivity index (χ2v) is 8.13. The summed E-state index contributed by atoms with van der Waals surface area (Å²) in [6.07, 6.45) is -0.404. The van der Waals surface area contributed by atoms with Crippen molar-refractivity contribution in [3.8, 4) is 0 Å². The van der Waals surface area contributed by atoms with E-state index < -0.39 is 12.2 Å². The number of nitrogen functional groups attached to an aromatic ring is 1. The predicted molar refractivity (Wildman–Crippen MR) is 109 cm³/mol. The van der Waals surface area contributed by atoms with E-state index in [-0.39, 0.29) is 25.0 Å². The molecule has 9 heteroatoms. The maximum absolute atomic E-state index is 13.2. The third-order valence-corrected chi connectivity index (χ3v) is 5.94. The minimum atomic E-state index is -4.35. The summed E-state index contributed by atoms with van der Waals surface area (Å²) in [5.41, 5.74) is 7.84. The van der Waals surface area contributed by atoms with Crippen molar-refractivity contribution in [2.24, 2.45) is 5.92 Å². The van der Waals surface area contributed by atoms with E-state index in [2.05, 4.69) is 22.9 Å². The molecule has 5 N–H and O–H groups in total. The number of halogens is 3. The number of alkyl halides is 3. The Morgan fingerprint density at radius 2 is 1.93 bits per heavy atom. The number of nitrogens with zero attached hydrogens (tertiary/aromatic N) is 1. The van der Waals surface area contributed by atoms with Gasteiger partial charge in [-0.15, -0.1) is 0 Å². The van der Waals surface area contributed by atoms with E-state index in [0.717, 1.165) is 25.7 Å². The van der Waals surface area contributed by atoms with Gasteiger partial charge in [0.2, 0.25) is 0 Å². The monoisotopic (exact) mass is 413 g/mol. The second-order valence-electron chi connectivity index (χ2n) is 8.13. The summed E-state index contributed by atoms with van der Waals surface area (Å²) >= 11 is 0. The van der Waals surface area contributed by atoms with Crippen molar-refractivity contribution in [3.05, 3.63) is 17.7 Å². The van der Waals surface area contributed by atoms with Crippen LogP contribution in [0.2, 0.25) is 0 Å². The first-order valence-corrected chi connectivity index (χ1v) is 10.2. The SMILES string of the molecule is CNc1cc(N2CCNC(C(F)(F)F)C2)c(C(=O)NC2CCC(C)CC2)cc1N. The highest BCUT2D eigenvalue weighted by molar-refractivity contribution is 6.02. The number of amides is 1. The molecule has 1 amide bonds. The zero-order chi connectivity index (χ0) is 21.2. The Balaban J connectivity index is 1.86. The van der Waals surface area contributed by atoms with Gasteiger partial charge >= 0.3 is 6.18 Å². The lowest BCUT2D eigenvalue weighted by molar-refractivity contribution is -0.155. The predicted octanol–water partition coefficient (Wildman–Crippen LogP) is 2.96. The Kier molecular flexibility index (Phi) is 6.45. The number of piperazine rings is 1. The van der Waals surface area contributed by atoms with Crippen LogP contribution in [0.3, 0.4) is 0 Å². The van der Waals surface area contributed by atoms with Crippen LogP contribution in [0, 0.1) is 5.92 Å². The molecular weight excluding hydrogens is 383 g/mol. The van der Waals surface area contributed by atoms with Crippen molar-refractivity contribution in [3.63, 3.8) is 0 Å². The average molecular weight is 413 g/mol. The molecule has 3 rings (SSSR count). The molecule has 1 heterocycles. The van der Waals surface area contributed by atoms with Gasteiger partial charge < -0.3 is 26.6 Å². The number of carbonyl (C=O) groups excluding carboxylic acids is 1. The van der Waals surface area contributed by atoms with Crippen molar-refractivity contribution >= 4 is 23.0 Å². The summed E-state index contributed by atoms with van der Waals surface area (Å²) < 4.78 is 39.7. The quantitative estimate of drug-likeness (QED) is 0.571. The van der Waals surface area contributed by atoms with Crippen LogP contribution in [-0.2, 0) is 0 Å². The highest BCUT2D eigenvalue weighted by Gasteiger charge is 2.42. The van der Waals surface area contributed by atoms with Crippen molar-refractivity contribution in [1.29, 1.82) is 0 Å². The van der Waals surface area contributed by atoms with Crippen LogP contribution >= 0.6 is 0 Å². The summed E-state index contributed by atoms with van der Waals surface area (Å²) in [6, 6.07) is 1.68. The summed E-state index contributed by atoms with van der Waals surface area (Å²) in [4.78, 5) is 14.7. The standard InChI is InChI=1S/C20H30F3N5O/c1-12-3-5-13(6-4-12)27-19(29)14-9-15(24)16(25-2)10-17(14)28-8-7-26-18(11-28)20(21,22)23/h9-10,12-13,18,25-26H,3-8,11,24H2,1-2H3,(H,27,29). The number of benzene rings is 1. The van der Waals surface area contributed by atoms with Gasteiger partial charge in [-0.3, -0.25) is 4.79 Å². The molecule has 1 aromatic rings. The molecule has 29 heavy (non-hydrogen) atoms. The molecule has 2 fully saturated rings. The summed E-state index contributed by atoms with van der Waals surface area (Å²) in [5.74, 6) is 0.375. The molecule has 1 aliphatic heterocycles. The summed E-state index contributed by atoms with van der Waals surface area (Å²) in [6.45, 7) is 2.51. The van der Waals surface area contributed by atoms with Crippen LogP contribution in [0.25, 0.3) is 0 Å². The number of rotatable bonds is 4. The molecular formula is C20H30F3N5O. The highest BCUT2D eigenvalue weighted by atomic mass is 19.4. The van der Waals surface area contributed by atoms with Crippen LogP contribution in [0.1, 0.15) is 43.0 Å². The van der Waals surface area contributed by atoms with Gasteiger partial charge in [0.15, 0.2) is 0 Å². The largest absolute Gasteiger partial charge is 0.405 e. The van der Waals surface area contributed by atoms with Gasteiger partial charge in [0.25, 0.3) is 5.91 Å². The van der Waals surface area contributed by atoms with Gasteiger partial charge in [-0.1, -0.05) is 6.92 Å². The van der Waals surface area contributed by atoms with E-state index in [1.165, 1.54) is 0 Å². The minimum absolute atomic E-state index is 0.0858. The lowest BCUT2D eigenvalue weighted by atomic mass is 9.87. The molecule has 1 saturated carbocycles. The van der Waals surface area contributed by atoms with Crippen LogP contribution < -0.4 is 26.6 Å². The van der Waals surface area contributed by atoms with Gasteiger partial charge in [-0.05, 0) is 43.7 Å². The fourth-order valence-electron chi connectivity index (χ4n) is 4.12. The van der Waals surface area contributed by atoms with E-state index in [4.69, 9.17) is 5.73 Å². The maximum Gasteiger partial charge on any atom is 0.405 e. The number of anilines is 3. The van der Waals surface area contributed by atoms with Gasteiger partial charge in [-0.25, -0.2) is 0 Å². The lowest BCUT2D eigenvalue weighted by Crippen LogP contribution is -2.57. The topological polar surface area (TPSA) is 82.4 Å². The lowest BCUT2D eigenvalue weighted by Gasteiger charge is -2.37. The van der Waals surface area contributed by atoms with E-state index in [1.54, 1.807) is 24.1 Å². The number of nitrogens with one attached hydrogen (secondary N) is 3. The Morgan fingerprint density at radius 3 is 2.55 bits per heavy atom. The molecule has 0 radical (unpaired) electrons. The third kappa shape index (κ3) is 5.07. The van der Waals surface area contributed by atoms with Crippen LogP contribution in [0.5, 0.6) is 0 Å². The molecule has 0 bridgehead atoms. The van der Waals surface area contributed by atoms with Gasteiger partial charge in [0.05, 0.1) is 22.6 Å². The van der Waals surface area contributed by atoms with Gasteiger partial charge in [0, 0.05) is 32.7 Å². The van der Waals surface area contributed by atoms with Crippen LogP contribution in [0.4, 0.5) is 30.2 Å². The zero-order valence-corrected chi connectivity index (χ0v) is 16.9. The molecule has 0 aromatic heterocycles. The van der Waals surface area contributed by atoms with Crippen LogP contribution in [-0.4, -0.2) is 50.8 Å². The molecule has 2 aliphatic rings. The van der Waals surface area contributed by atoms with Crippen molar-refractivity contribution < 1.29 is 18.0 Å². The fourth-order valence-corrected chi connectivity index (χ4v) is 4.12. The first kappa shape index (κ1) is 21.5. The first-order valence-electron chi connectivity index (χ1n) is 10.2. The number of hydrogen-bond acceptors (Lipinski definition) is 5. The number of hydrogen-bond donors (Lipinski definition) is 4. The van der Waals surface area contributed by atoms with Crippen molar-refractivity contribution in [1.82, 2.24) is 10.6 Å². The van der Waals surface area contributed by atoms with E-state index >= 15 is 0 Å². The summed E-state index contributed by atoms with van der Waals surface area (Å²) in [5, 5.41) is 8.52. The average Bonchev–Trinajstić information content (AvgIpc) is 2.69. The minimum Gasteiger partial charge on any atom is -0.397 e. The molecule has 1 aliphatic carbocycles. The van der Waals surface area contributed by atoms with E-state index in [9.17, 15) is 18.0 Å². The van der Waals surface area contributed by atoms with Crippen molar-refractivity contribution in [2.45, 2.75) is 50.9 Å². The normalized spacial score (nSPS) is 25.6.